The van der Waals surface area contributed by atoms with Gasteiger partial charge in [0.1, 0.15) is 5.69 Å². The first-order chi connectivity index (χ1) is 6.73. The topological polar surface area (TPSA) is 32.9 Å². The summed E-state index contributed by atoms with van der Waals surface area (Å²) < 4.78 is 60.8. The Bertz CT molecular complexity index is 420. The van der Waals surface area contributed by atoms with Crippen molar-refractivity contribution in [2.45, 2.75) is 19.5 Å². The molecule has 0 radical (unpaired) electrons. The lowest BCUT2D eigenvalue weighted by Gasteiger charge is -2.10. The summed E-state index contributed by atoms with van der Waals surface area (Å²) in [6.45, 7) is 0.998. The molecule has 0 spiro atoms. The quantitative estimate of drug-likeness (QED) is 0.735. The number of alkyl halides is 5. The number of aromatic amines is 1. The van der Waals surface area contributed by atoms with E-state index < -0.39 is 35.0 Å². The molecule has 2 nitrogen and oxygen atoms in total. The van der Waals surface area contributed by atoms with E-state index in [4.69, 9.17) is 0 Å². The number of nitrogens with one attached hydrogen (secondary N) is 1. The number of aryl methyl sites for hydroxylation is 1. The number of aromatic nitrogens is 1. The molecular formula is C8H6F5NO. The minimum Gasteiger partial charge on any atom is -0.354 e. The fraction of sp³-hybridized carbons (Fsp3) is 0.375. The molecule has 1 aromatic rings. The van der Waals surface area contributed by atoms with Crippen molar-refractivity contribution >= 4 is 0 Å². The van der Waals surface area contributed by atoms with E-state index in [2.05, 4.69) is 0 Å². The summed E-state index contributed by atoms with van der Waals surface area (Å²) in [4.78, 5) is 12.7. The van der Waals surface area contributed by atoms with E-state index in [1.165, 1.54) is 0 Å². The fourth-order valence-electron chi connectivity index (χ4n) is 1.12. The minimum atomic E-state index is -4.75. The highest BCUT2D eigenvalue weighted by atomic mass is 19.4. The first kappa shape index (κ1) is 11.7. The number of hydrogen-bond donors (Lipinski definition) is 1. The van der Waals surface area contributed by atoms with Gasteiger partial charge < -0.3 is 4.98 Å². The molecular weight excluding hydrogens is 221 g/mol. The van der Waals surface area contributed by atoms with Gasteiger partial charge in [-0.1, -0.05) is 0 Å². The molecule has 84 valence electrons. The van der Waals surface area contributed by atoms with Crippen LogP contribution in [0.4, 0.5) is 22.0 Å². The van der Waals surface area contributed by atoms with E-state index in [1.54, 1.807) is 4.98 Å². The molecule has 0 aliphatic heterocycles. The van der Waals surface area contributed by atoms with Crippen molar-refractivity contribution < 1.29 is 22.0 Å². The molecule has 0 aliphatic carbocycles. The van der Waals surface area contributed by atoms with E-state index in [1.807, 2.05) is 0 Å². The lowest BCUT2D eigenvalue weighted by molar-refractivity contribution is -0.141. The van der Waals surface area contributed by atoms with Crippen LogP contribution >= 0.6 is 0 Å². The van der Waals surface area contributed by atoms with Gasteiger partial charge in [-0.05, 0) is 6.92 Å². The van der Waals surface area contributed by atoms with Crippen molar-refractivity contribution in [1.29, 1.82) is 0 Å². The molecule has 0 unspecified atom stereocenters. The molecule has 0 saturated carbocycles. The third-order valence-electron chi connectivity index (χ3n) is 1.79. The first-order valence-electron chi connectivity index (χ1n) is 3.82. The summed E-state index contributed by atoms with van der Waals surface area (Å²) in [5.74, 6) is 0. The maximum absolute atomic E-state index is 12.2. The van der Waals surface area contributed by atoms with E-state index in [0.29, 0.717) is 0 Å². The minimum absolute atomic E-state index is 0.133. The number of halogens is 5. The average Bonchev–Trinajstić information content (AvgIpc) is 1.99. The smallest absolute Gasteiger partial charge is 0.354 e. The zero-order chi connectivity index (χ0) is 11.8. The van der Waals surface area contributed by atoms with Crippen molar-refractivity contribution in [2.75, 3.05) is 0 Å². The van der Waals surface area contributed by atoms with Gasteiger partial charge >= 0.3 is 6.18 Å². The number of hydrogen-bond acceptors (Lipinski definition) is 1. The number of rotatable bonds is 1. The van der Waals surface area contributed by atoms with Gasteiger partial charge in [0, 0.05) is 11.8 Å². The van der Waals surface area contributed by atoms with Gasteiger partial charge in [0.05, 0.1) is 5.56 Å². The van der Waals surface area contributed by atoms with Gasteiger partial charge in [0.2, 0.25) is 0 Å². The summed E-state index contributed by atoms with van der Waals surface area (Å²) in [5.41, 5.74) is -4.03. The van der Waals surface area contributed by atoms with Crippen LogP contribution in [0.1, 0.15) is 23.4 Å². The number of H-pyrrole nitrogens is 1. The summed E-state index contributed by atoms with van der Waals surface area (Å²) in [6, 6.07) is 0.133. The summed E-state index contributed by atoms with van der Waals surface area (Å²) in [6.07, 6.45) is -7.83. The van der Waals surface area contributed by atoms with Crippen molar-refractivity contribution in [3.05, 3.63) is 33.2 Å². The molecule has 0 amide bonds. The summed E-state index contributed by atoms with van der Waals surface area (Å²) >= 11 is 0. The highest BCUT2D eigenvalue weighted by molar-refractivity contribution is 5.24. The molecule has 15 heavy (non-hydrogen) atoms. The zero-order valence-corrected chi connectivity index (χ0v) is 7.45. The second-order valence-electron chi connectivity index (χ2n) is 2.88. The average molecular weight is 227 g/mol. The first-order valence-corrected chi connectivity index (χ1v) is 3.82. The van der Waals surface area contributed by atoms with Crippen LogP contribution in [0.25, 0.3) is 0 Å². The van der Waals surface area contributed by atoms with Crippen LogP contribution < -0.4 is 5.43 Å². The van der Waals surface area contributed by atoms with Gasteiger partial charge in [-0.3, -0.25) is 4.79 Å². The zero-order valence-electron chi connectivity index (χ0n) is 7.45. The van der Waals surface area contributed by atoms with Crippen LogP contribution in [0.3, 0.4) is 0 Å². The molecule has 0 aromatic carbocycles. The molecule has 0 bridgehead atoms. The van der Waals surface area contributed by atoms with Crippen molar-refractivity contribution in [3.8, 4) is 0 Å². The van der Waals surface area contributed by atoms with E-state index in [-0.39, 0.29) is 6.07 Å². The second-order valence-corrected chi connectivity index (χ2v) is 2.88. The van der Waals surface area contributed by atoms with E-state index in [0.717, 1.165) is 6.92 Å². The van der Waals surface area contributed by atoms with Gasteiger partial charge in [-0.15, -0.1) is 0 Å². The molecule has 0 saturated heterocycles. The van der Waals surface area contributed by atoms with Gasteiger partial charge in [0.25, 0.3) is 6.43 Å². The second kappa shape index (κ2) is 3.63. The predicted molar refractivity (Wildman–Crippen MR) is 41.8 cm³/mol. The normalized spacial score (nSPS) is 12.2. The molecule has 1 aromatic heterocycles. The summed E-state index contributed by atoms with van der Waals surface area (Å²) in [5, 5.41) is 0. The van der Waals surface area contributed by atoms with Gasteiger partial charge in [-0.2, -0.15) is 13.2 Å². The highest BCUT2D eigenvalue weighted by Crippen LogP contribution is 2.28. The van der Waals surface area contributed by atoms with Crippen LogP contribution in [0.15, 0.2) is 10.9 Å². The largest absolute Gasteiger partial charge is 0.431 e. The third kappa shape index (κ3) is 2.34. The maximum atomic E-state index is 12.2. The standard InChI is InChI=1S/C8H6F5NO/c1-3-6(7(9)10)4(15)2-5(14-3)8(11,12)13/h2,7H,1H3,(H,14,15). The van der Waals surface area contributed by atoms with E-state index in [9.17, 15) is 26.7 Å². The predicted octanol–water partition coefficient (Wildman–Crippen LogP) is 2.64. The van der Waals surface area contributed by atoms with Crippen LogP contribution in [0, 0.1) is 6.92 Å². The van der Waals surface area contributed by atoms with Gasteiger partial charge in [-0.25, -0.2) is 8.78 Å². The number of pyridine rings is 1. The highest BCUT2D eigenvalue weighted by Gasteiger charge is 2.33. The van der Waals surface area contributed by atoms with Gasteiger partial charge in [0.15, 0.2) is 5.43 Å². The van der Waals surface area contributed by atoms with Crippen molar-refractivity contribution in [3.63, 3.8) is 0 Å². The van der Waals surface area contributed by atoms with Crippen LogP contribution in [-0.2, 0) is 6.18 Å². The maximum Gasteiger partial charge on any atom is 0.431 e. The van der Waals surface area contributed by atoms with Crippen LogP contribution in [0.2, 0.25) is 0 Å². The third-order valence-corrected chi connectivity index (χ3v) is 1.79. The Hall–Kier alpha value is -1.40. The molecule has 1 heterocycles. The molecule has 1 rings (SSSR count). The van der Waals surface area contributed by atoms with Crippen LogP contribution in [0.5, 0.6) is 0 Å². The fourth-order valence-corrected chi connectivity index (χ4v) is 1.12. The van der Waals surface area contributed by atoms with Crippen molar-refractivity contribution in [1.82, 2.24) is 4.98 Å². The van der Waals surface area contributed by atoms with Crippen LogP contribution in [-0.4, -0.2) is 4.98 Å². The SMILES string of the molecule is Cc1[nH]c(C(F)(F)F)cc(=O)c1C(F)F. The molecule has 1 N–H and O–H groups in total. The molecule has 0 atom stereocenters. The van der Waals surface area contributed by atoms with Crippen molar-refractivity contribution in [2.24, 2.45) is 0 Å². The molecule has 0 fully saturated rings. The summed E-state index contributed by atoms with van der Waals surface area (Å²) in [7, 11) is 0. The molecule has 0 aliphatic rings. The lowest BCUT2D eigenvalue weighted by Crippen LogP contribution is -2.19. The Kier molecular flexibility index (Phi) is 2.83. The Labute approximate surface area is 80.7 Å². The lowest BCUT2D eigenvalue weighted by atomic mass is 10.2. The monoisotopic (exact) mass is 227 g/mol. The van der Waals surface area contributed by atoms with E-state index >= 15 is 0 Å². The Morgan fingerprint density at radius 1 is 1.33 bits per heavy atom. The molecule has 7 heteroatoms. The Morgan fingerprint density at radius 2 is 1.87 bits per heavy atom. The Morgan fingerprint density at radius 3 is 2.20 bits per heavy atom. The Balaban J connectivity index is 3.39.